The number of anilines is 3. The summed E-state index contributed by atoms with van der Waals surface area (Å²) < 4.78 is 4.85. The van der Waals surface area contributed by atoms with Gasteiger partial charge in [-0.05, 0) is 12.1 Å². The maximum Gasteiger partial charge on any atom is 0.292 e. The molecule has 0 unspecified atom stereocenters. The fraction of sp³-hybridized carbons (Fsp3) is 0.286. The molecule has 3 rings (SSSR count). The van der Waals surface area contributed by atoms with Crippen LogP contribution in [0.1, 0.15) is 10.5 Å². The quantitative estimate of drug-likeness (QED) is 0.794. The van der Waals surface area contributed by atoms with Crippen LogP contribution in [0.4, 0.5) is 17.4 Å². The van der Waals surface area contributed by atoms with Crippen molar-refractivity contribution in [1.82, 2.24) is 10.3 Å². The first-order valence-corrected chi connectivity index (χ1v) is 7.29. The Hall–Kier alpha value is -2.25. The van der Waals surface area contributed by atoms with Gasteiger partial charge in [-0.2, -0.15) is 4.98 Å². The number of oxazole rings is 1. The number of nitrogen functional groups attached to an aromatic ring is 1. The van der Waals surface area contributed by atoms with E-state index in [4.69, 9.17) is 21.8 Å². The summed E-state index contributed by atoms with van der Waals surface area (Å²) in [5.41, 5.74) is 6.96. The van der Waals surface area contributed by atoms with Gasteiger partial charge < -0.3 is 25.7 Å². The van der Waals surface area contributed by atoms with E-state index < -0.39 is 5.91 Å². The van der Waals surface area contributed by atoms with Crippen LogP contribution in [0.3, 0.4) is 0 Å². The summed E-state index contributed by atoms with van der Waals surface area (Å²) in [7, 11) is 0. The molecule has 0 radical (unpaired) electrons. The Morgan fingerprint density at radius 2 is 2.18 bits per heavy atom. The molecule has 0 spiro atoms. The van der Waals surface area contributed by atoms with Gasteiger partial charge in [-0.15, -0.1) is 0 Å². The summed E-state index contributed by atoms with van der Waals surface area (Å²) in [5.74, 6) is -0.412. The second-order valence-electron chi connectivity index (χ2n) is 4.90. The molecule has 1 saturated heterocycles. The lowest BCUT2D eigenvalue weighted by molar-refractivity contribution is 0.102. The van der Waals surface area contributed by atoms with E-state index in [-0.39, 0.29) is 11.7 Å². The SMILES string of the molecule is Nc1nc(C(=O)Nc2c(Cl)cccc2N2CCNCC2)co1. The average Bonchev–Trinajstić information content (AvgIpc) is 2.97. The predicted octanol–water partition coefficient (Wildman–Crippen LogP) is 1.57. The van der Waals surface area contributed by atoms with Crippen molar-refractivity contribution < 1.29 is 9.21 Å². The molecular formula is C14H16ClN5O2. The number of carbonyl (C=O) groups excluding carboxylic acids is 1. The molecule has 1 aliphatic heterocycles. The molecule has 0 saturated carbocycles. The van der Waals surface area contributed by atoms with Gasteiger partial charge in [0.1, 0.15) is 6.26 Å². The molecule has 1 aliphatic rings. The van der Waals surface area contributed by atoms with E-state index in [1.807, 2.05) is 12.1 Å². The van der Waals surface area contributed by atoms with Crippen molar-refractivity contribution in [3.63, 3.8) is 0 Å². The van der Waals surface area contributed by atoms with Crippen LogP contribution in [0, 0.1) is 0 Å². The largest absolute Gasteiger partial charge is 0.431 e. The summed E-state index contributed by atoms with van der Waals surface area (Å²) in [4.78, 5) is 18.2. The topological polar surface area (TPSA) is 96.4 Å². The highest BCUT2D eigenvalue weighted by Gasteiger charge is 2.19. The number of carbonyl (C=O) groups is 1. The Morgan fingerprint density at radius 1 is 1.41 bits per heavy atom. The molecule has 2 aromatic rings. The van der Waals surface area contributed by atoms with Gasteiger partial charge in [0.05, 0.1) is 16.4 Å². The first-order chi connectivity index (χ1) is 10.6. The third kappa shape index (κ3) is 3.00. The number of nitrogens with zero attached hydrogens (tertiary/aromatic N) is 2. The highest BCUT2D eigenvalue weighted by molar-refractivity contribution is 6.34. The number of rotatable bonds is 3. The maximum absolute atomic E-state index is 12.2. The van der Waals surface area contributed by atoms with Crippen molar-refractivity contribution in [2.24, 2.45) is 0 Å². The second kappa shape index (κ2) is 6.25. The van der Waals surface area contributed by atoms with Crippen molar-refractivity contribution in [1.29, 1.82) is 0 Å². The van der Waals surface area contributed by atoms with Crippen LogP contribution in [0.25, 0.3) is 0 Å². The number of halogens is 1. The minimum atomic E-state index is -0.412. The van der Waals surface area contributed by atoms with E-state index in [2.05, 4.69) is 20.5 Å². The van der Waals surface area contributed by atoms with Crippen LogP contribution < -0.4 is 21.3 Å². The molecule has 8 heteroatoms. The first-order valence-electron chi connectivity index (χ1n) is 6.91. The van der Waals surface area contributed by atoms with E-state index in [9.17, 15) is 4.79 Å². The number of benzene rings is 1. The summed E-state index contributed by atoms with van der Waals surface area (Å²) in [6, 6.07) is 5.49. The van der Waals surface area contributed by atoms with Crippen LogP contribution >= 0.6 is 11.6 Å². The minimum Gasteiger partial charge on any atom is -0.431 e. The van der Waals surface area contributed by atoms with Crippen LogP contribution in [0.15, 0.2) is 28.9 Å². The monoisotopic (exact) mass is 321 g/mol. The van der Waals surface area contributed by atoms with Gasteiger partial charge in [0, 0.05) is 26.2 Å². The van der Waals surface area contributed by atoms with Crippen LogP contribution in [-0.4, -0.2) is 37.1 Å². The number of piperazine rings is 1. The summed E-state index contributed by atoms with van der Waals surface area (Å²) >= 11 is 6.26. The number of hydrogen-bond acceptors (Lipinski definition) is 6. The zero-order valence-electron chi connectivity index (χ0n) is 11.8. The van der Waals surface area contributed by atoms with Crippen molar-refractivity contribution in [3.05, 3.63) is 35.2 Å². The van der Waals surface area contributed by atoms with Crippen molar-refractivity contribution in [2.75, 3.05) is 42.1 Å². The molecule has 4 N–H and O–H groups in total. The van der Waals surface area contributed by atoms with Gasteiger partial charge in [-0.25, -0.2) is 0 Å². The third-order valence-corrected chi connectivity index (χ3v) is 3.76. The lowest BCUT2D eigenvalue weighted by Gasteiger charge is -2.31. The van der Waals surface area contributed by atoms with Gasteiger partial charge in [-0.3, -0.25) is 4.79 Å². The molecule has 116 valence electrons. The zero-order chi connectivity index (χ0) is 15.5. The summed E-state index contributed by atoms with van der Waals surface area (Å²) in [6.45, 7) is 3.47. The van der Waals surface area contributed by atoms with Crippen molar-refractivity contribution in [2.45, 2.75) is 0 Å². The van der Waals surface area contributed by atoms with E-state index in [0.717, 1.165) is 31.9 Å². The highest BCUT2D eigenvalue weighted by Crippen LogP contribution is 2.33. The van der Waals surface area contributed by atoms with E-state index in [1.165, 1.54) is 6.26 Å². The first kappa shape index (κ1) is 14.7. The van der Waals surface area contributed by atoms with Gasteiger partial charge in [0.25, 0.3) is 11.9 Å². The average molecular weight is 322 g/mol. The molecular weight excluding hydrogens is 306 g/mol. The Morgan fingerprint density at radius 3 is 2.86 bits per heavy atom. The molecule has 2 heterocycles. The molecule has 1 aromatic carbocycles. The van der Waals surface area contributed by atoms with Crippen LogP contribution in [0.2, 0.25) is 5.02 Å². The molecule has 0 atom stereocenters. The van der Waals surface area contributed by atoms with E-state index in [0.29, 0.717) is 10.7 Å². The van der Waals surface area contributed by atoms with Gasteiger partial charge in [-0.1, -0.05) is 17.7 Å². The molecule has 7 nitrogen and oxygen atoms in total. The Bertz CT molecular complexity index is 682. The van der Waals surface area contributed by atoms with E-state index in [1.54, 1.807) is 6.07 Å². The second-order valence-corrected chi connectivity index (χ2v) is 5.30. The Balaban J connectivity index is 1.87. The van der Waals surface area contributed by atoms with Crippen LogP contribution in [-0.2, 0) is 0 Å². The van der Waals surface area contributed by atoms with Crippen molar-refractivity contribution >= 4 is 34.9 Å². The van der Waals surface area contributed by atoms with Crippen LogP contribution in [0.5, 0.6) is 0 Å². The summed E-state index contributed by atoms with van der Waals surface area (Å²) in [5, 5.41) is 6.56. The smallest absolute Gasteiger partial charge is 0.292 e. The number of nitrogens with one attached hydrogen (secondary N) is 2. The fourth-order valence-electron chi connectivity index (χ4n) is 2.38. The number of para-hydroxylation sites is 1. The zero-order valence-corrected chi connectivity index (χ0v) is 12.6. The van der Waals surface area contributed by atoms with E-state index >= 15 is 0 Å². The maximum atomic E-state index is 12.2. The van der Waals surface area contributed by atoms with Gasteiger partial charge >= 0.3 is 0 Å². The van der Waals surface area contributed by atoms with Gasteiger partial charge in [0.15, 0.2) is 5.69 Å². The lowest BCUT2D eigenvalue weighted by Crippen LogP contribution is -2.43. The molecule has 1 amide bonds. The van der Waals surface area contributed by atoms with Gasteiger partial charge in [0.2, 0.25) is 0 Å². The third-order valence-electron chi connectivity index (χ3n) is 3.44. The standard InChI is InChI=1S/C14H16ClN5O2/c15-9-2-1-3-11(20-6-4-17-5-7-20)12(9)19-13(21)10-8-22-14(16)18-10/h1-3,8,17H,4-7H2,(H2,16,18)(H,19,21). The minimum absolute atomic E-state index is 0.0494. The molecule has 1 aromatic heterocycles. The number of amides is 1. The predicted molar refractivity (Wildman–Crippen MR) is 85.4 cm³/mol. The Kier molecular flexibility index (Phi) is 4.17. The lowest BCUT2D eigenvalue weighted by atomic mass is 10.2. The molecule has 0 aliphatic carbocycles. The number of nitrogens with two attached hydrogens (primary N) is 1. The number of hydrogen-bond donors (Lipinski definition) is 3. The normalized spacial score (nSPS) is 14.9. The molecule has 0 bridgehead atoms. The van der Waals surface area contributed by atoms with Crippen molar-refractivity contribution in [3.8, 4) is 0 Å². The fourth-order valence-corrected chi connectivity index (χ4v) is 2.59. The summed E-state index contributed by atoms with van der Waals surface area (Å²) in [6.07, 6.45) is 1.21. The molecule has 22 heavy (non-hydrogen) atoms. The highest BCUT2D eigenvalue weighted by atomic mass is 35.5. The Labute approximate surface area is 132 Å². The number of aromatic nitrogens is 1. The molecule has 1 fully saturated rings.